The van der Waals surface area contributed by atoms with Gasteiger partial charge in [-0.15, -0.1) is 0 Å². The highest BCUT2D eigenvalue weighted by Gasteiger charge is 2.19. The lowest BCUT2D eigenvalue weighted by Gasteiger charge is -1.92. The van der Waals surface area contributed by atoms with Gasteiger partial charge in [0.15, 0.2) is 10.4 Å². The number of carbonyl (C=O) groups excluding carboxylic acids is 2. The molecule has 1 heterocycles. The van der Waals surface area contributed by atoms with Crippen LogP contribution in [-0.4, -0.2) is 18.9 Å². The molecule has 1 aromatic heterocycles. The molecule has 0 fully saturated rings. The number of esters is 1. The molecule has 0 saturated carbocycles. The molecule has 0 spiro atoms. The van der Waals surface area contributed by atoms with Crippen molar-refractivity contribution in [3.63, 3.8) is 0 Å². The molecule has 5 heteroatoms. The first kappa shape index (κ1) is 8.99. The summed E-state index contributed by atoms with van der Waals surface area (Å²) in [7, 11) is 1.14. The number of hydrogen-bond donors (Lipinski definition) is 0. The van der Waals surface area contributed by atoms with E-state index in [-0.39, 0.29) is 5.76 Å². The lowest BCUT2D eigenvalue weighted by atomic mass is 10.3. The van der Waals surface area contributed by atoms with Gasteiger partial charge in [0.25, 0.3) is 0 Å². The molecule has 0 aliphatic carbocycles. The van der Waals surface area contributed by atoms with Crippen LogP contribution in [0.15, 0.2) is 21.2 Å². The van der Waals surface area contributed by atoms with E-state index in [0.717, 1.165) is 7.11 Å². The van der Waals surface area contributed by atoms with Gasteiger partial charge in [-0.1, -0.05) is 0 Å². The number of ether oxygens (including phenoxy) is 1. The van der Waals surface area contributed by atoms with Crippen molar-refractivity contribution in [3.05, 3.63) is 22.6 Å². The van der Waals surface area contributed by atoms with Crippen LogP contribution in [0.5, 0.6) is 0 Å². The summed E-state index contributed by atoms with van der Waals surface area (Å²) in [5, 5.41) is 0. The first-order chi connectivity index (χ1) is 5.65. The molecule has 0 amide bonds. The summed E-state index contributed by atoms with van der Waals surface area (Å²) in [6, 6.07) is 2.92. The summed E-state index contributed by atoms with van der Waals surface area (Å²) in [5.41, 5.74) is 0. The Morgan fingerprint density at radius 1 is 1.50 bits per heavy atom. The topological polar surface area (TPSA) is 56.5 Å². The van der Waals surface area contributed by atoms with E-state index in [0.29, 0.717) is 4.67 Å². The fourth-order valence-electron chi connectivity index (χ4n) is 0.630. The number of furan rings is 1. The second-order valence-electron chi connectivity index (χ2n) is 1.92. The number of hydrogen-bond acceptors (Lipinski definition) is 4. The molecule has 0 bridgehead atoms. The van der Waals surface area contributed by atoms with Gasteiger partial charge in [-0.2, -0.15) is 0 Å². The molecule has 0 aliphatic heterocycles. The maximum Gasteiger partial charge on any atom is 0.382 e. The van der Waals surface area contributed by atoms with Crippen molar-refractivity contribution >= 4 is 27.7 Å². The van der Waals surface area contributed by atoms with Crippen LogP contribution in [0.25, 0.3) is 0 Å². The second kappa shape index (κ2) is 3.53. The van der Waals surface area contributed by atoms with Crippen LogP contribution >= 0.6 is 15.9 Å². The maximum absolute atomic E-state index is 11.0. The molecule has 64 valence electrons. The number of carbonyl (C=O) groups is 2. The molecule has 0 N–H and O–H groups in total. The van der Waals surface area contributed by atoms with Gasteiger partial charge in [0.2, 0.25) is 0 Å². The van der Waals surface area contributed by atoms with E-state index < -0.39 is 11.8 Å². The minimum atomic E-state index is -0.933. The van der Waals surface area contributed by atoms with Crippen LogP contribution < -0.4 is 0 Å². The molecular weight excluding hydrogens is 228 g/mol. The van der Waals surface area contributed by atoms with Crippen molar-refractivity contribution in [2.75, 3.05) is 7.11 Å². The number of methoxy groups -OCH3 is 1. The molecule has 1 aromatic rings. The van der Waals surface area contributed by atoms with Crippen molar-refractivity contribution in [2.24, 2.45) is 0 Å². The molecule has 0 unspecified atom stereocenters. The summed E-state index contributed by atoms with van der Waals surface area (Å²) in [6.07, 6.45) is 0. The smallest absolute Gasteiger partial charge is 0.382 e. The van der Waals surface area contributed by atoms with Gasteiger partial charge in [-0.25, -0.2) is 4.79 Å². The average molecular weight is 233 g/mol. The van der Waals surface area contributed by atoms with Crippen molar-refractivity contribution in [1.29, 1.82) is 0 Å². The molecule has 1 rings (SSSR count). The van der Waals surface area contributed by atoms with Crippen molar-refractivity contribution < 1.29 is 18.7 Å². The van der Waals surface area contributed by atoms with Crippen LogP contribution in [0.3, 0.4) is 0 Å². The van der Waals surface area contributed by atoms with Crippen molar-refractivity contribution in [2.45, 2.75) is 0 Å². The minimum Gasteiger partial charge on any atom is -0.463 e. The fraction of sp³-hybridized carbons (Fsp3) is 0.143. The number of rotatable bonds is 2. The zero-order chi connectivity index (χ0) is 9.14. The summed E-state index contributed by atoms with van der Waals surface area (Å²) in [4.78, 5) is 21.7. The highest BCUT2D eigenvalue weighted by molar-refractivity contribution is 9.10. The normalized spacial score (nSPS) is 9.50. The van der Waals surface area contributed by atoms with Crippen molar-refractivity contribution in [1.82, 2.24) is 0 Å². The summed E-state index contributed by atoms with van der Waals surface area (Å²) >= 11 is 3.00. The minimum absolute atomic E-state index is 0.0336. The SMILES string of the molecule is COC(=O)C(=O)c1ccc(Br)o1. The van der Waals surface area contributed by atoms with E-state index in [1.165, 1.54) is 12.1 Å². The van der Waals surface area contributed by atoms with Gasteiger partial charge in [-0.05, 0) is 28.1 Å². The van der Waals surface area contributed by atoms with E-state index >= 15 is 0 Å². The molecule has 0 radical (unpaired) electrons. The maximum atomic E-state index is 11.0. The van der Waals surface area contributed by atoms with Crippen molar-refractivity contribution in [3.8, 4) is 0 Å². The largest absolute Gasteiger partial charge is 0.463 e. The van der Waals surface area contributed by atoms with Crippen LogP contribution in [0.4, 0.5) is 0 Å². The Morgan fingerprint density at radius 3 is 2.58 bits per heavy atom. The molecule has 0 atom stereocenters. The first-order valence-electron chi connectivity index (χ1n) is 3.03. The highest BCUT2D eigenvalue weighted by Crippen LogP contribution is 2.14. The Labute approximate surface area is 76.6 Å². The molecule has 4 nitrogen and oxygen atoms in total. The third kappa shape index (κ3) is 1.73. The summed E-state index contributed by atoms with van der Waals surface area (Å²) in [5.74, 6) is -1.76. The quantitative estimate of drug-likeness (QED) is 0.440. The molecule has 0 saturated heterocycles. The van der Waals surface area contributed by atoms with Gasteiger partial charge in [0, 0.05) is 0 Å². The monoisotopic (exact) mass is 232 g/mol. The van der Waals surface area contributed by atoms with Gasteiger partial charge < -0.3 is 9.15 Å². The Morgan fingerprint density at radius 2 is 2.17 bits per heavy atom. The molecule has 0 aliphatic rings. The number of halogens is 1. The third-order valence-electron chi connectivity index (χ3n) is 1.17. The molecular formula is C7H5BrO4. The summed E-state index contributed by atoms with van der Waals surface area (Å²) in [6.45, 7) is 0. The Balaban J connectivity index is 2.85. The first-order valence-corrected chi connectivity index (χ1v) is 3.82. The second-order valence-corrected chi connectivity index (χ2v) is 2.71. The predicted molar refractivity (Wildman–Crippen MR) is 42.8 cm³/mol. The van der Waals surface area contributed by atoms with E-state index in [1.54, 1.807) is 0 Å². The zero-order valence-corrected chi connectivity index (χ0v) is 7.75. The Hall–Kier alpha value is -1.10. The van der Waals surface area contributed by atoms with Crippen LogP contribution in [-0.2, 0) is 9.53 Å². The van der Waals surface area contributed by atoms with Gasteiger partial charge in [-0.3, -0.25) is 4.79 Å². The zero-order valence-electron chi connectivity index (χ0n) is 6.17. The lowest BCUT2D eigenvalue weighted by molar-refractivity contribution is -0.135. The Kier molecular flexibility index (Phi) is 2.65. The average Bonchev–Trinajstić information content (AvgIpc) is 2.49. The lowest BCUT2D eigenvalue weighted by Crippen LogP contribution is -2.14. The van der Waals surface area contributed by atoms with E-state index in [4.69, 9.17) is 4.42 Å². The van der Waals surface area contributed by atoms with Crippen LogP contribution in [0, 0.1) is 0 Å². The standard InChI is InChI=1S/C7H5BrO4/c1-11-7(10)6(9)4-2-3-5(8)12-4/h2-3H,1H3. The molecule has 12 heavy (non-hydrogen) atoms. The van der Waals surface area contributed by atoms with Gasteiger partial charge in [0.1, 0.15) is 0 Å². The molecule has 0 aromatic carbocycles. The highest BCUT2D eigenvalue weighted by atomic mass is 79.9. The summed E-state index contributed by atoms with van der Waals surface area (Å²) < 4.78 is 9.44. The fourth-order valence-corrected chi connectivity index (χ4v) is 0.936. The van der Waals surface area contributed by atoms with Crippen LogP contribution in [0.2, 0.25) is 0 Å². The number of ketones is 1. The van der Waals surface area contributed by atoms with E-state index in [9.17, 15) is 9.59 Å². The van der Waals surface area contributed by atoms with Gasteiger partial charge in [0.05, 0.1) is 7.11 Å². The van der Waals surface area contributed by atoms with E-state index in [2.05, 4.69) is 20.7 Å². The van der Waals surface area contributed by atoms with Crippen LogP contribution in [0.1, 0.15) is 10.6 Å². The Bertz CT molecular complexity index is 315. The predicted octanol–water partition coefficient (Wildman–Crippen LogP) is 1.40. The third-order valence-corrected chi connectivity index (χ3v) is 1.59. The van der Waals surface area contributed by atoms with E-state index in [1.807, 2.05) is 0 Å². The number of Topliss-reactive ketones (excluding diaryl/α,β-unsaturated/α-hetero) is 1. The van der Waals surface area contributed by atoms with Gasteiger partial charge >= 0.3 is 11.8 Å².